The summed E-state index contributed by atoms with van der Waals surface area (Å²) in [6, 6.07) is 1.50. The standard InChI is InChI=1S/C29H37ClN4O14S/c1-15(2)25(28(44)32-18(11-23(38)39)20(35)13-21(30)49(3,46)47)34-26(42)17(9-10-22(36)37)31-27(43)19(12-24(40)41)33-29(45)48-14-16-7-5-4-6-8-16/h4-8,13,15,17-19,25H,9-12,14H2,1-3H3,(H,31,43)(H,32,44)(H,33,45)(H,34,42)(H,36,37)(H,38,39)(H,40,41)/t17-,18-,19-,25-/m0/s1. The molecule has 0 aliphatic heterocycles. The fraction of sp³-hybridized carbons (Fsp3) is 0.448. The van der Waals surface area contributed by atoms with Crippen LogP contribution < -0.4 is 21.3 Å². The predicted molar refractivity (Wildman–Crippen MR) is 169 cm³/mol. The van der Waals surface area contributed by atoms with Crippen LogP contribution in [0.3, 0.4) is 0 Å². The molecule has 0 spiro atoms. The lowest BCUT2D eigenvalue weighted by Gasteiger charge is -2.27. The van der Waals surface area contributed by atoms with Gasteiger partial charge >= 0.3 is 24.0 Å². The normalized spacial score (nSPS) is 13.9. The molecule has 7 N–H and O–H groups in total. The van der Waals surface area contributed by atoms with E-state index in [0.29, 0.717) is 17.9 Å². The number of carboxylic acid groups (broad SMARTS) is 3. The molecule has 0 fully saturated rings. The Labute approximate surface area is 285 Å². The number of hydrogen-bond acceptors (Lipinski definition) is 11. The van der Waals surface area contributed by atoms with Gasteiger partial charge in [0.25, 0.3) is 0 Å². The number of carbonyl (C=O) groups excluding carboxylic acids is 5. The average Bonchev–Trinajstić information content (AvgIpc) is 2.99. The Morgan fingerprint density at radius 2 is 1.31 bits per heavy atom. The molecule has 270 valence electrons. The van der Waals surface area contributed by atoms with Crippen LogP contribution in [0.5, 0.6) is 0 Å². The first-order valence-electron chi connectivity index (χ1n) is 14.4. The monoisotopic (exact) mass is 732 g/mol. The maximum absolute atomic E-state index is 13.3. The summed E-state index contributed by atoms with van der Waals surface area (Å²) < 4.78 is 27.3. The molecule has 49 heavy (non-hydrogen) atoms. The number of ketones is 1. The van der Waals surface area contributed by atoms with Crippen molar-refractivity contribution >= 4 is 68.9 Å². The number of amides is 4. The van der Waals surface area contributed by atoms with Crippen LogP contribution in [0, 0.1) is 5.92 Å². The van der Waals surface area contributed by atoms with E-state index in [1.54, 1.807) is 30.3 Å². The van der Waals surface area contributed by atoms with Gasteiger partial charge in [0.15, 0.2) is 15.6 Å². The minimum atomic E-state index is -4.05. The van der Waals surface area contributed by atoms with Crippen molar-refractivity contribution in [2.24, 2.45) is 5.92 Å². The van der Waals surface area contributed by atoms with E-state index in [-0.39, 0.29) is 6.61 Å². The van der Waals surface area contributed by atoms with Crippen molar-refractivity contribution in [1.29, 1.82) is 0 Å². The summed E-state index contributed by atoms with van der Waals surface area (Å²) >= 11 is 5.59. The molecular formula is C29H37ClN4O14S. The number of carbonyl (C=O) groups is 8. The zero-order valence-electron chi connectivity index (χ0n) is 26.5. The summed E-state index contributed by atoms with van der Waals surface area (Å²) in [6.45, 7) is 2.66. The lowest BCUT2D eigenvalue weighted by atomic mass is 10.0. The fourth-order valence-electron chi connectivity index (χ4n) is 3.87. The maximum atomic E-state index is 13.3. The van der Waals surface area contributed by atoms with Crippen molar-refractivity contribution < 1.29 is 66.8 Å². The van der Waals surface area contributed by atoms with Crippen LogP contribution in [0.2, 0.25) is 0 Å². The van der Waals surface area contributed by atoms with Crippen molar-refractivity contribution in [3.8, 4) is 0 Å². The first kappa shape index (κ1) is 42.0. The first-order valence-corrected chi connectivity index (χ1v) is 16.6. The molecule has 1 aromatic carbocycles. The molecule has 18 nitrogen and oxygen atoms in total. The topological polar surface area (TPSA) is 289 Å². The minimum Gasteiger partial charge on any atom is -0.481 e. The summed E-state index contributed by atoms with van der Waals surface area (Å²) in [6.07, 6.45) is -3.28. The predicted octanol–water partition coefficient (Wildman–Crippen LogP) is -0.100. The summed E-state index contributed by atoms with van der Waals surface area (Å²) in [5, 5.41) is 36.3. The largest absolute Gasteiger partial charge is 0.481 e. The Morgan fingerprint density at radius 1 is 0.776 bits per heavy atom. The number of benzene rings is 1. The summed E-state index contributed by atoms with van der Waals surface area (Å²) in [4.78, 5) is 98.6. The first-order chi connectivity index (χ1) is 22.7. The number of aliphatic carboxylic acids is 3. The smallest absolute Gasteiger partial charge is 0.408 e. The third-order valence-electron chi connectivity index (χ3n) is 6.38. The molecule has 0 saturated heterocycles. The van der Waals surface area contributed by atoms with E-state index in [1.165, 1.54) is 13.8 Å². The fourth-order valence-corrected chi connectivity index (χ4v) is 4.30. The van der Waals surface area contributed by atoms with Crippen molar-refractivity contribution in [2.45, 2.75) is 70.3 Å². The van der Waals surface area contributed by atoms with Crippen molar-refractivity contribution in [1.82, 2.24) is 21.3 Å². The zero-order chi connectivity index (χ0) is 37.5. The quantitative estimate of drug-likeness (QED) is 0.0862. The third-order valence-corrected chi connectivity index (χ3v) is 8.15. The Balaban J connectivity index is 3.19. The molecule has 0 saturated carbocycles. The van der Waals surface area contributed by atoms with Gasteiger partial charge in [0.05, 0.1) is 12.8 Å². The number of hydrogen-bond donors (Lipinski definition) is 7. The van der Waals surface area contributed by atoms with Gasteiger partial charge in [-0.05, 0) is 17.9 Å². The molecule has 0 radical (unpaired) electrons. The van der Waals surface area contributed by atoms with Crippen LogP contribution >= 0.6 is 11.6 Å². The molecule has 0 aromatic heterocycles. The second kappa shape index (κ2) is 19.7. The van der Waals surface area contributed by atoms with Gasteiger partial charge < -0.3 is 41.3 Å². The highest BCUT2D eigenvalue weighted by Crippen LogP contribution is 2.12. The number of nitrogens with one attached hydrogen (secondary N) is 4. The Hall–Kier alpha value is -5.04. The van der Waals surface area contributed by atoms with E-state index in [4.69, 9.17) is 16.3 Å². The molecule has 0 aliphatic carbocycles. The highest BCUT2D eigenvalue weighted by atomic mass is 35.5. The Kier molecular flexibility index (Phi) is 16.9. The van der Waals surface area contributed by atoms with Gasteiger partial charge in [0.1, 0.15) is 35.1 Å². The van der Waals surface area contributed by atoms with Gasteiger partial charge in [-0.1, -0.05) is 55.8 Å². The number of alkyl carbamates (subject to hydrolysis) is 1. The van der Waals surface area contributed by atoms with Gasteiger partial charge in [0, 0.05) is 18.8 Å². The molecule has 4 atom stereocenters. The number of halogens is 1. The van der Waals surface area contributed by atoms with E-state index in [2.05, 4.69) is 21.3 Å². The van der Waals surface area contributed by atoms with Crippen LogP contribution in [-0.4, -0.2) is 102 Å². The Morgan fingerprint density at radius 3 is 1.82 bits per heavy atom. The van der Waals surface area contributed by atoms with Crippen LogP contribution in [0.15, 0.2) is 40.8 Å². The summed E-state index contributed by atoms with van der Waals surface area (Å²) in [5.74, 6) is -9.88. The SMILES string of the molecule is CC(C)[C@H](NC(=O)[C@H](CCC(=O)O)NC(=O)[C@H](CC(=O)O)NC(=O)OCc1ccccc1)C(=O)N[C@@H](CC(=O)O)C(=O)C=C(Cl)S(C)(=O)=O. The highest BCUT2D eigenvalue weighted by Gasteiger charge is 2.34. The van der Waals surface area contributed by atoms with Gasteiger partial charge in [0.2, 0.25) is 17.7 Å². The molecule has 0 unspecified atom stereocenters. The number of ether oxygens (including phenoxy) is 1. The molecule has 4 amide bonds. The zero-order valence-corrected chi connectivity index (χ0v) is 28.1. The second-order valence-corrected chi connectivity index (χ2v) is 13.5. The molecule has 1 aromatic rings. The maximum Gasteiger partial charge on any atom is 0.408 e. The second-order valence-electron chi connectivity index (χ2n) is 10.9. The third kappa shape index (κ3) is 16.1. The number of rotatable bonds is 20. The van der Waals surface area contributed by atoms with Crippen LogP contribution in [0.4, 0.5) is 4.79 Å². The van der Waals surface area contributed by atoms with E-state index < -0.39 is 117 Å². The van der Waals surface area contributed by atoms with Crippen LogP contribution in [0.1, 0.15) is 45.1 Å². The van der Waals surface area contributed by atoms with Gasteiger partial charge in [-0.15, -0.1) is 0 Å². The van der Waals surface area contributed by atoms with Crippen molar-refractivity contribution in [3.05, 3.63) is 46.3 Å². The molecule has 0 bridgehead atoms. The van der Waals surface area contributed by atoms with Crippen molar-refractivity contribution in [3.63, 3.8) is 0 Å². The van der Waals surface area contributed by atoms with Gasteiger partial charge in [-0.3, -0.25) is 33.6 Å². The summed E-state index contributed by atoms with van der Waals surface area (Å²) in [7, 11) is -4.05. The van der Waals surface area contributed by atoms with Gasteiger partial charge in [-0.2, -0.15) is 0 Å². The van der Waals surface area contributed by atoms with Crippen LogP contribution in [0.25, 0.3) is 0 Å². The lowest BCUT2D eigenvalue weighted by Crippen LogP contribution is -2.59. The lowest BCUT2D eigenvalue weighted by molar-refractivity contribution is -0.141. The van der Waals surface area contributed by atoms with Crippen LogP contribution in [-0.2, 0) is 54.7 Å². The number of carboxylic acids is 3. The molecule has 1 rings (SSSR count). The van der Waals surface area contributed by atoms with Crippen molar-refractivity contribution in [2.75, 3.05) is 6.26 Å². The van der Waals surface area contributed by atoms with E-state index in [1.807, 2.05) is 0 Å². The highest BCUT2D eigenvalue weighted by molar-refractivity contribution is 7.96. The average molecular weight is 733 g/mol. The minimum absolute atomic E-state index is 0.226. The van der Waals surface area contributed by atoms with E-state index in [0.717, 1.165) is 0 Å². The molecule has 0 heterocycles. The molecule has 0 aliphatic rings. The van der Waals surface area contributed by atoms with Gasteiger partial charge in [-0.25, -0.2) is 13.2 Å². The van der Waals surface area contributed by atoms with E-state index >= 15 is 0 Å². The number of sulfone groups is 1. The molecule has 20 heteroatoms. The van der Waals surface area contributed by atoms with E-state index in [9.17, 15) is 62.1 Å². The summed E-state index contributed by atoms with van der Waals surface area (Å²) in [5.41, 5.74) is 0.582. The molecular weight excluding hydrogens is 696 g/mol. The Bertz CT molecular complexity index is 1550.